The molecule has 3 aromatic rings. The number of rotatable bonds is 10. The Morgan fingerprint density at radius 1 is 1.17 bits per heavy atom. The molecule has 3 atom stereocenters. The summed E-state index contributed by atoms with van der Waals surface area (Å²) < 4.78 is 32.5. The van der Waals surface area contributed by atoms with Crippen LogP contribution in [0.3, 0.4) is 0 Å². The van der Waals surface area contributed by atoms with Gasteiger partial charge in [0.15, 0.2) is 12.0 Å². The molecule has 2 aliphatic heterocycles. The molecule has 262 valence electrons. The zero-order valence-electron chi connectivity index (χ0n) is 28.5. The third-order valence-electron chi connectivity index (χ3n) is 8.36. The molecule has 14 heteroatoms. The van der Waals surface area contributed by atoms with Crippen LogP contribution in [0.2, 0.25) is 10.0 Å². The third kappa shape index (κ3) is 8.00. The first kappa shape index (κ1) is 36.1. The van der Waals surface area contributed by atoms with Crippen LogP contribution in [-0.2, 0) is 18.9 Å². The standard InChI is InChI=1S/C34H46Cl2N6O6/c1-7-45-34(46-8-2)14-15-41(32(43)48-33(4,5)6)20-27(34)39-31(37)30-23-17-22(47-21(3)29-24(35)18-38-19-25(29)36)12-13-26(23)42(40-30)28-11-9-10-16-44-28/h12-13,17-19,21,27-28H,7-11,14-16,20H2,1-6H3,(H2,37,39). The van der Waals surface area contributed by atoms with E-state index in [9.17, 15) is 10.2 Å². The van der Waals surface area contributed by atoms with E-state index >= 15 is 0 Å². The molecule has 0 saturated carbocycles. The average Bonchev–Trinajstić information content (AvgIpc) is 3.41. The van der Waals surface area contributed by atoms with Crippen LogP contribution >= 0.6 is 23.2 Å². The van der Waals surface area contributed by atoms with Crippen LogP contribution in [-0.4, -0.2) is 81.9 Å². The van der Waals surface area contributed by atoms with E-state index in [-0.39, 0.29) is 18.6 Å². The number of pyridine rings is 1. The van der Waals surface area contributed by atoms with Crippen molar-refractivity contribution in [3.8, 4) is 5.75 Å². The molecule has 4 heterocycles. The van der Waals surface area contributed by atoms with Gasteiger partial charge in [0.1, 0.15) is 29.0 Å². The molecule has 2 aromatic heterocycles. The topological polar surface area (TPSA) is 133 Å². The smallest absolute Gasteiger partial charge is 0.410 e. The minimum absolute atomic E-state index is 0.0415. The second-order valence-corrected chi connectivity index (χ2v) is 13.8. The Labute approximate surface area is 291 Å². The number of fused-ring (bicyclic) bond motifs is 1. The summed E-state index contributed by atoms with van der Waals surface area (Å²) in [6, 6.07) is 5.04. The van der Waals surface area contributed by atoms with Crippen LogP contribution in [0.1, 0.15) is 90.8 Å². The molecule has 1 aromatic carbocycles. The third-order valence-corrected chi connectivity index (χ3v) is 8.97. The second-order valence-electron chi connectivity index (χ2n) is 13.0. The highest BCUT2D eigenvalue weighted by Gasteiger charge is 2.47. The Balaban J connectivity index is 1.50. The lowest BCUT2D eigenvalue weighted by molar-refractivity contribution is -0.263. The molecule has 1 amide bonds. The average molecular weight is 706 g/mol. The minimum Gasteiger partial charge on any atom is -0.486 e. The molecule has 2 fully saturated rings. The van der Waals surface area contributed by atoms with E-state index < -0.39 is 29.6 Å². The molecule has 5 rings (SSSR count). The predicted molar refractivity (Wildman–Crippen MR) is 184 cm³/mol. The SMILES string of the molecule is CCOC1(OCC)CCN(C(=O)OC(C)(C)C)CC1NC(=N)c1nn(C2CCCCO2)c2ccc(OC(C)c3c(Cl)cncc3Cl)cc12. The van der Waals surface area contributed by atoms with Crippen molar-refractivity contribution in [3.63, 3.8) is 0 Å². The van der Waals surface area contributed by atoms with Crippen LogP contribution in [0.15, 0.2) is 30.6 Å². The van der Waals surface area contributed by atoms with E-state index in [1.54, 1.807) is 4.90 Å². The summed E-state index contributed by atoms with van der Waals surface area (Å²) in [5, 5.41) is 19.2. The fourth-order valence-corrected chi connectivity index (χ4v) is 6.94. The maximum Gasteiger partial charge on any atom is 0.410 e. The van der Waals surface area contributed by atoms with Crippen molar-refractivity contribution in [1.29, 1.82) is 5.41 Å². The molecule has 2 aliphatic rings. The first-order valence-electron chi connectivity index (χ1n) is 16.6. The number of nitrogens with one attached hydrogen (secondary N) is 2. The summed E-state index contributed by atoms with van der Waals surface area (Å²) in [5.74, 6) is -0.491. The summed E-state index contributed by atoms with van der Waals surface area (Å²) in [4.78, 5) is 18.8. The first-order chi connectivity index (χ1) is 22.9. The van der Waals surface area contributed by atoms with Gasteiger partial charge in [-0.2, -0.15) is 5.10 Å². The number of nitrogens with zero attached hydrogens (tertiary/aromatic N) is 4. The van der Waals surface area contributed by atoms with E-state index in [1.807, 2.05) is 64.4 Å². The Morgan fingerprint density at radius 3 is 2.50 bits per heavy atom. The number of benzene rings is 1. The molecule has 0 spiro atoms. The Morgan fingerprint density at radius 2 is 1.88 bits per heavy atom. The van der Waals surface area contributed by atoms with Gasteiger partial charge in [-0.1, -0.05) is 23.2 Å². The van der Waals surface area contributed by atoms with Crippen LogP contribution in [0.5, 0.6) is 5.75 Å². The van der Waals surface area contributed by atoms with E-state index in [0.717, 1.165) is 24.8 Å². The van der Waals surface area contributed by atoms with Gasteiger partial charge >= 0.3 is 6.09 Å². The Hall–Kier alpha value is -3.16. The number of carbonyl (C=O) groups is 1. The molecule has 0 bridgehead atoms. The molecule has 0 radical (unpaired) electrons. The predicted octanol–water partition coefficient (Wildman–Crippen LogP) is 7.27. The number of piperidine rings is 1. The molecule has 3 unspecified atom stereocenters. The van der Waals surface area contributed by atoms with Crippen LogP contribution in [0.25, 0.3) is 10.9 Å². The summed E-state index contributed by atoms with van der Waals surface area (Å²) in [6.07, 6.45) is 5.07. The fourth-order valence-electron chi connectivity index (χ4n) is 6.27. The molecule has 0 aliphatic carbocycles. The number of likely N-dealkylation sites (tertiary alicyclic amines) is 1. The number of halogens is 2. The number of hydrogen-bond acceptors (Lipinski definition) is 9. The van der Waals surface area contributed by atoms with E-state index in [2.05, 4.69) is 10.3 Å². The van der Waals surface area contributed by atoms with Gasteiger partial charge < -0.3 is 33.9 Å². The largest absolute Gasteiger partial charge is 0.486 e. The van der Waals surface area contributed by atoms with Gasteiger partial charge in [-0.25, -0.2) is 9.48 Å². The zero-order valence-corrected chi connectivity index (χ0v) is 30.0. The van der Waals surface area contributed by atoms with Gasteiger partial charge in [0.25, 0.3) is 0 Å². The number of ether oxygens (including phenoxy) is 5. The molecule has 48 heavy (non-hydrogen) atoms. The maximum atomic E-state index is 13.1. The van der Waals surface area contributed by atoms with Crippen molar-refractivity contribution < 1.29 is 28.5 Å². The molecule has 2 N–H and O–H groups in total. The minimum atomic E-state index is -1.08. The summed E-state index contributed by atoms with van der Waals surface area (Å²) in [7, 11) is 0. The van der Waals surface area contributed by atoms with E-state index in [0.29, 0.717) is 65.2 Å². The molecule has 2 saturated heterocycles. The van der Waals surface area contributed by atoms with Crippen LogP contribution in [0, 0.1) is 5.41 Å². The quantitative estimate of drug-likeness (QED) is 0.127. The van der Waals surface area contributed by atoms with Crippen molar-refractivity contribution in [3.05, 3.63) is 51.9 Å². The number of aromatic nitrogens is 3. The van der Waals surface area contributed by atoms with Gasteiger partial charge in [0, 0.05) is 62.7 Å². The zero-order chi connectivity index (χ0) is 34.6. The van der Waals surface area contributed by atoms with E-state index in [1.165, 1.54) is 12.4 Å². The molecular weight excluding hydrogens is 659 g/mol. The van der Waals surface area contributed by atoms with Crippen molar-refractivity contribution >= 4 is 46.0 Å². The first-order valence-corrected chi connectivity index (χ1v) is 17.3. The lowest BCUT2D eigenvalue weighted by Gasteiger charge is -2.47. The van der Waals surface area contributed by atoms with Gasteiger partial charge in [-0.3, -0.25) is 10.4 Å². The van der Waals surface area contributed by atoms with Crippen molar-refractivity contribution in [2.75, 3.05) is 32.9 Å². The lowest BCUT2D eigenvalue weighted by Crippen LogP contribution is -2.65. The molecule has 12 nitrogen and oxygen atoms in total. The van der Waals surface area contributed by atoms with Crippen molar-refractivity contribution in [1.82, 2.24) is 25.0 Å². The van der Waals surface area contributed by atoms with Crippen LogP contribution in [0.4, 0.5) is 4.79 Å². The number of amides is 1. The second kappa shape index (κ2) is 15.2. The van der Waals surface area contributed by atoms with Crippen LogP contribution < -0.4 is 10.1 Å². The van der Waals surface area contributed by atoms with Gasteiger partial charge in [-0.15, -0.1) is 0 Å². The summed E-state index contributed by atoms with van der Waals surface area (Å²) >= 11 is 12.8. The number of carbonyl (C=O) groups excluding carboxylic acids is 1. The Kier molecular flexibility index (Phi) is 11.4. The summed E-state index contributed by atoms with van der Waals surface area (Å²) in [5.41, 5.74) is 1.17. The lowest BCUT2D eigenvalue weighted by atomic mass is 9.96. The van der Waals surface area contributed by atoms with Gasteiger partial charge in [0.05, 0.1) is 21.6 Å². The monoisotopic (exact) mass is 704 g/mol. The van der Waals surface area contributed by atoms with Crippen molar-refractivity contribution in [2.45, 2.75) is 97.0 Å². The molecular formula is C34H46Cl2N6O6. The van der Waals surface area contributed by atoms with Gasteiger partial charge in [0.2, 0.25) is 0 Å². The summed E-state index contributed by atoms with van der Waals surface area (Å²) in [6.45, 7) is 13.2. The normalized spacial score (nSPS) is 20.4. The van der Waals surface area contributed by atoms with E-state index in [4.69, 9.17) is 52.0 Å². The van der Waals surface area contributed by atoms with Crippen molar-refractivity contribution in [2.24, 2.45) is 0 Å². The highest BCUT2D eigenvalue weighted by molar-refractivity contribution is 6.35. The highest BCUT2D eigenvalue weighted by Crippen LogP contribution is 2.36. The fraction of sp³-hybridized carbons (Fsp3) is 0.588. The number of amidine groups is 1. The highest BCUT2D eigenvalue weighted by atomic mass is 35.5. The Bertz CT molecular complexity index is 1580. The number of hydrogen-bond donors (Lipinski definition) is 2. The maximum absolute atomic E-state index is 13.1. The van der Waals surface area contributed by atoms with Gasteiger partial charge in [-0.05, 0) is 79.0 Å².